The van der Waals surface area contributed by atoms with E-state index >= 15 is 0 Å². The quantitative estimate of drug-likeness (QED) is 0.0354. The zero-order chi connectivity index (χ0) is 39.3. The van der Waals surface area contributed by atoms with E-state index in [1.165, 1.54) is 83.5 Å². The zero-order valence-corrected chi connectivity index (χ0v) is 35.5. The third kappa shape index (κ3) is 42.1. The van der Waals surface area contributed by atoms with Crippen LogP contribution < -0.4 is 0 Å². The Kier molecular flexibility index (Phi) is 42.5. The van der Waals surface area contributed by atoms with E-state index in [2.05, 4.69) is 93.7 Å². The highest BCUT2D eigenvalue weighted by Crippen LogP contribution is 2.13. The van der Waals surface area contributed by atoms with Gasteiger partial charge in [0.05, 0.1) is 13.2 Å². The minimum absolute atomic E-state index is 0.0504. The molecule has 0 aliphatic carbocycles. The van der Waals surface area contributed by atoms with Gasteiger partial charge in [-0.25, -0.2) is 0 Å². The van der Waals surface area contributed by atoms with Gasteiger partial charge in [-0.1, -0.05) is 184 Å². The van der Waals surface area contributed by atoms with Crippen LogP contribution in [-0.2, 0) is 23.8 Å². The molecular formula is C49H84O5. The monoisotopic (exact) mass is 753 g/mol. The maximum absolute atomic E-state index is 12.7. The van der Waals surface area contributed by atoms with Crippen LogP contribution in [-0.4, -0.2) is 37.9 Å². The fourth-order valence-electron chi connectivity index (χ4n) is 5.92. The SMILES string of the molecule is CC/C=C\C/C=C\C/C=C\C/C=C\C/C=C\CCOCC(COC(=O)CCCCCCC/C=C\CCCCCC)OC(=O)CCCCCCCCCCC. The van der Waals surface area contributed by atoms with E-state index in [1.54, 1.807) is 0 Å². The molecule has 0 saturated carbocycles. The van der Waals surface area contributed by atoms with Gasteiger partial charge in [0.25, 0.3) is 0 Å². The van der Waals surface area contributed by atoms with E-state index in [0.717, 1.165) is 83.5 Å². The van der Waals surface area contributed by atoms with Crippen molar-refractivity contribution in [2.45, 2.75) is 207 Å². The van der Waals surface area contributed by atoms with Crippen molar-refractivity contribution in [3.05, 3.63) is 72.9 Å². The predicted molar refractivity (Wildman–Crippen MR) is 233 cm³/mol. The molecule has 5 nitrogen and oxygen atoms in total. The van der Waals surface area contributed by atoms with Gasteiger partial charge in [-0.05, 0) is 77.0 Å². The Morgan fingerprint density at radius 3 is 1.35 bits per heavy atom. The molecule has 0 rings (SSSR count). The molecule has 0 aliphatic rings. The van der Waals surface area contributed by atoms with Gasteiger partial charge in [0.15, 0.2) is 6.10 Å². The minimum Gasteiger partial charge on any atom is -0.462 e. The number of carbonyl (C=O) groups is 2. The third-order valence-corrected chi connectivity index (χ3v) is 9.25. The molecule has 0 bridgehead atoms. The number of hydrogen-bond acceptors (Lipinski definition) is 5. The van der Waals surface area contributed by atoms with Gasteiger partial charge in [-0.3, -0.25) is 9.59 Å². The van der Waals surface area contributed by atoms with E-state index in [0.29, 0.717) is 19.4 Å². The Morgan fingerprint density at radius 2 is 0.833 bits per heavy atom. The molecule has 0 aromatic rings. The van der Waals surface area contributed by atoms with Crippen LogP contribution >= 0.6 is 0 Å². The van der Waals surface area contributed by atoms with Crippen LogP contribution in [0.3, 0.4) is 0 Å². The third-order valence-electron chi connectivity index (χ3n) is 9.25. The Bertz CT molecular complexity index is 988. The summed E-state index contributed by atoms with van der Waals surface area (Å²) in [5, 5.41) is 0. The summed E-state index contributed by atoms with van der Waals surface area (Å²) in [5.41, 5.74) is 0. The molecule has 0 aromatic carbocycles. The van der Waals surface area contributed by atoms with Gasteiger partial charge in [0, 0.05) is 12.8 Å². The number of hydrogen-bond donors (Lipinski definition) is 0. The van der Waals surface area contributed by atoms with Gasteiger partial charge in [-0.2, -0.15) is 0 Å². The van der Waals surface area contributed by atoms with Crippen molar-refractivity contribution in [2.24, 2.45) is 0 Å². The zero-order valence-electron chi connectivity index (χ0n) is 35.5. The summed E-state index contributed by atoms with van der Waals surface area (Å²) in [7, 11) is 0. The summed E-state index contributed by atoms with van der Waals surface area (Å²) in [5.74, 6) is -0.452. The van der Waals surface area contributed by atoms with E-state index in [4.69, 9.17) is 14.2 Å². The van der Waals surface area contributed by atoms with Gasteiger partial charge >= 0.3 is 11.9 Å². The largest absolute Gasteiger partial charge is 0.462 e. The molecule has 5 heteroatoms. The van der Waals surface area contributed by atoms with Gasteiger partial charge in [0.2, 0.25) is 0 Å². The Labute approximate surface area is 334 Å². The molecular weight excluding hydrogens is 669 g/mol. The van der Waals surface area contributed by atoms with Crippen molar-refractivity contribution in [3.8, 4) is 0 Å². The average molecular weight is 753 g/mol. The number of allylic oxidation sites excluding steroid dienone is 11. The second-order valence-electron chi connectivity index (χ2n) is 14.6. The molecule has 310 valence electrons. The highest BCUT2D eigenvalue weighted by atomic mass is 16.6. The van der Waals surface area contributed by atoms with Crippen molar-refractivity contribution >= 4 is 11.9 Å². The summed E-state index contributed by atoms with van der Waals surface area (Å²) in [6, 6.07) is 0. The van der Waals surface area contributed by atoms with Crippen molar-refractivity contribution in [1.29, 1.82) is 0 Å². The lowest BCUT2D eigenvalue weighted by Gasteiger charge is -2.18. The molecule has 0 saturated heterocycles. The first-order chi connectivity index (χ1) is 26.6. The lowest BCUT2D eigenvalue weighted by molar-refractivity contribution is -0.162. The van der Waals surface area contributed by atoms with Gasteiger partial charge in [0.1, 0.15) is 6.61 Å². The van der Waals surface area contributed by atoms with E-state index in [9.17, 15) is 9.59 Å². The Hall–Kier alpha value is -2.66. The lowest BCUT2D eigenvalue weighted by atomic mass is 10.1. The first-order valence-corrected chi connectivity index (χ1v) is 22.5. The van der Waals surface area contributed by atoms with Gasteiger partial charge < -0.3 is 14.2 Å². The molecule has 0 radical (unpaired) electrons. The molecule has 0 aromatic heterocycles. The fraction of sp³-hybridized carbons (Fsp3) is 0.714. The number of rotatable bonds is 40. The van der Waals surface area contributed by atoms with Gasteiger partial charge in [-0.15, -0.1) is 0 Å². The van der Waals surface area contributed by atoms with Crippen LogP contribution in [0.5, 0.6) is 0 Å². The summed E-state index contributed by atoms with van der Waals surface area (Å²) < 4.78 is 17.2. The minimum atomic E-state index is -0.576. The summed E-state index contributed by atoms with van der Waals surface area (Å²) in [4.78, 5) is 25.2. The van der Waals surface area contributed by atoms with Crippen molar-refractivity contribution in [1.82, 2.24) is 0 Å². The number of esters is 2. The van der Waals surface area contributed by atoms with Crippen molar-refractivity contribution < 1.29 is 23.8 Å². The van der Waals surface area contributed by atoms with Crippen LogP contribution in [0.2, 0.25) is 0 Å². The Morgan fingerprint density at radius 1 is 0.426 bits per heavy atom. The maximum atomic E-state index is 12.7. The normalized spacial score (nSPS) is 12.9. The lowest BCUT2D eigenvalue weighted by Crippen LogP contribution is -2.30. The highest BCUT2D eigenvalue weighted by Gasteiger charge is 2.17. The molecule has 54 heavy (non-hydrogen) atoms. The average Bonchev–Trinajstić information content (AvgIpc) is 3.17. The van der Waals surface area contributed by atoms with E-state index in [1.807, 2.05) is 0 Å². The number of carbonyl (C=O) groups excluding carboxylic acids is 2. The standard InChI is InChI=1S/C49H84O5/c1-4-7-10-13-16-19-21-23-24-25-27-29-32-35-38-41-44-52-45-47(54-49(51)43-40-37-34-30-18-15-12-9-6-3)46-53-48(50)42-39-36-33-31-28-26-22-20-17-14-11-8-5-2/h7,10,16,19-20,22-24,27,29,35,38,47H,4-6,8-9,11-15,17-18,21,25-26,28,30-34,36-37,39-46H2,1-3H3/b10-7-,19-16-,22-20-,24-23-,29-27-,38-35-. The topological polar surface area (TPSA) is 61.8 Å². The smallest absolute Gasteiger partial charge is 0.306 e. The summed E-state index contributed by atoms with van der Waals surface area (Å²) in [6.45, 7) is 7.46. The first-order valence-electron chi connectivity index (χ1n) is 22.5. The molecule has 0 amide bonds. The Balaban J connectivity index is 4.36. The molecule has 0 fully saturated rings. The highest BCUT2D eigenvalue weighted by molar-refractivity contribution is 5.70. The molecule has 1 unspecified atom stereocenters. The maximum Gasteiger partial charge on any atom is 0.306 e. The molecule has 0 spiro atoms. The molecule has 0 aliphatic heterocycles. The van der Waals surface area contributed by atoms with Crippen molar-refractivity contribution in [3.63, 3.8) is 0 Å². The molecule has 0 N–H and O–H groups in total. The molecule has 1 atom stereocenters. The van der Waals surface area contributed by atoms with Crippen molar-refractivity contribution in [2.75, 3.05) is 19.8 Å². The van der Waals surface area contributed by atoms with E-state index in [-0.39, 0.29) is 25.2 Å². The van der Waals surface area contributed by atoms with Crippen LogP contribution in [0.15, 0.2) is 72.9 Å². The van der Waals surface area contributed by atoms with Crippen LogP contribution in [0.25, 0.3) is 0 Å². The van der Waals surface area contributed by atoms with E-state index < -0.39 is 6.10 Å². The number of unbranched alkanes of at least 4 members (excludes halogenated alkanes) is 17. The summed E-state index contributed by atoms with van der Waals surface area (Å²) >= 11 is 0. The second kappa shape index (κ2) is 44.7. The second-order valence-corrected chi connectivity index (χ2v) is 14.6. The van der Waals surface area contributed by atoms with Crippen LogP contribution in [0.1, 0.15) is 201 Å². The predicted octanol–water partition coefficient (Wildman–Crippen LogP) is 14.8. The first kappa shape index (κ1) is 51.3. The summed E-state index contributed by atoms with van der Waals surface area (Å²) in [6.07, 6.45) is 56.3. The fourth-order valence-corrected chi connectivity index (χ4v) is 5.92. The van der Waals surface area contributed by atoms with Crippen LogP contribution in [0, 0.1) is 0 Å². The molecule has 0 heterocycles. The number of ether oxygens (including phenoxy) is 3. The van der Waals surface area contributed by atoms with Crippen LogP contribution in [0.4, 0.5) is 0 Å².